The number of fused-ring (bicyclic) bond motifs is 28. The Kier molecular flexibility index (Phi) is 16.8. The summed E-state index contributed by atoms with van der Waals surface area (Å²) in [5, 5.41) is 15.3. The van der Waals surface area contributed by atoms with Crippen molar-refractivity contribution in [3.63, 3.8) is 0 Å². The van der Waals surface area contributed by atoms with E-state index in [1.54, 1.807) is 0 Å². The molecule has 0 bridgehead atoms. The zero-order valence-electron chi connectivity index (χ0n) is 80.8. The maximum atomic E-state index is 5.99. The van der Waals surface area contributed by atoms with E-state index in [2.05, 4.69) is 518 Å². The predicted molar refractivity (Wildman–Crippen MR) is 605 cm³/mol. The summed E-state index contributed by atoms with van der Waals surface area (Å²) in [4.78, 5) is 11.8. The average molecular weight is 1850 g/mol. The summed E-state index contributed by atoms with van der Waals surface area (Å²) >= 11 is 0. The van der Waals surface area contributed by atoms with Crippen molar-refractivity contribution in [3.8, 4) is 124 Å². The number of aromatic nitrogens is 8. The lowest BCUT2D eigenvalue weighted by atomic mass is 9.82. The molecule has 28 aromatic rings. The molecule has 8 heteroatoms. The summed E-state index contributed by atoms with van der Waals surface area (Å²) < 4.78 is 14.8. The van der Waals surface area contributed by atoms with Crippen molar-refractivity contribution in [1.29, 1.82) is 0 Å². The van der Waals surface area contributed by atoms with E-state index in [0.717, 1.165) is 117 Å². The first-order valence-corrected chi connectivity index (χ1v) is 50.6. The van der Waals surface area contributed by atoms with Crippen LogP contribution < -0.4 is 0 Å². The van der Waals surface area contributed by atoms with Gasteiger partial charge in [0, 0.05) is 132 Å². The maximum Gasteiger partial charge on any atom is 0.160 e. The molecule has 0 spiro atoms. The molecule has 7 aromatic heterocycles. The van der Waals surface area contributed by atoms with Crippen molar-refractivity contribution in [2.45, 2.75) is 57.8 Å². The second kappa shape index (κ2) is 29.9. The molecule has 0 N–H and O–H groups in total. The van der Waals surface area contributed by atoms with Gasteiger partial charge in [-0.1, -0.05) is 321 Å². The molecule has 0 fully saturated rings. The first-order valence-electron chi connectivity index (χ1n) is 50.6. The van der Waals surface area contributed by atoms with Crippen LogP contribution in [-0.2, 0) is 16.2 Å². The van der Waals surface area contributed by atoms with Gasteiger partial charge in [0.2, 0.25) is 0 Å². The number of hydrogen-bond acceptors (Lipinski definition) is 2. The monoisotopic (exact) mass is 1850 g/mol. The molecule has 3 aliphatic rings. The lowest BCUT2D eigenvalue weighted by molar-refractivity contribution is 0.660. The molecule has 680 valence electrons. The lowest BCUT2D eigenvalue weighted by Crippen LogP contribution is -2.15. The average Bonchev–Trinajstić information content (AvgIpc) is 1.59. The van der Waals surface area contributed by atoms with Gasteiger partial charge in [0.1, 0.15) is 0 Å². The van der Waals surface area contributed by atoms with Crippen LogP contribution in [-0.4, -0.2) is 37.4 Å². The third-order valence-electron chi connectivity index (χ3n) is 33.2. The van der Waals surface area contributed by atoms with Gasteiger partial charge >= 0.3 is 0 Å². The van der Waals surface area contributed by atoms with Crippen molar-refractivity contribution in [2.24, 2.45) is 0 Å². The van der Waals surface area contributed by atoms with Crippen LogP contribution in [0.5, 0.6) is 0 Å². The molecule has 7 heterocycles. The summed E-state index contributed by atoms with van der Waals surface area (Å²) in [7, 11) is 0. The molecule has 0 aliphatic heterocycles. The van der Waals surface area contributed by atoms with Crippen molar-refractivity contribution in [1.82, 2.24) is 37.4 Å². The van der Waals surface area contributed by atoms with Crippen molar-refractivity contribution in [2.75, 3.05) is 0 Å². The SMILES string of the molecule is CC1(C)c2ccccc2-c2ccc(-n3c4ccccc4c4cc(-c5ccc6c7ccccc7n(-c7cccc(-c8nc(-c9cccc(-n%10c%11ccccc%11c%11ccc(-c%12ccc%13c(c%12)c%12ccccc%12n%13-c%12ccc%13c(c%12)C(C)(C)c%12ccccc%12-%13)cc%11%10)c9)c9cc(-n%10c%11ccccc%11c%11ccc(-c%12ccc%13c(c%12)c%12ccccc%12n%13-c%12ccc%13c(c%12)C(C)(C)c%12ccccc%12-%13)cc%11%10)ccc9n8)c7)c6c5)ccc43)cc21. The fourth-order valence-electron chi connectivity index (χ4n) is 26.3. The standard InChI is InChI=1S/C137H92N8/c1-135(2)114-40-16-7-31-95(114)98-62-55-92(78-117(98)135)140-124-46-22-13-37-104(124)110-71-81(52-66-127(110)140)84-49-59-107-101-34-10-19-43-121(101)143(130(107)74-84)89-29-25-27-87(69-89)133-113-77-91(145-123-45-21-12-36-103(123)109-61-51-86(76-132(109)145)83-54-68-129-112(73-83)106-39-15-24-48-126(106)142(129)94-57-64-100-97-33-9-18-42-116(97)137(5,6)119(100)80-94)58-65-120(113)138-134(139-133)88-28-26-30-90(70-88)144-122-44-20-11-35-102(122)108-60-50-85(75-131(108)144)82-53-67-128-111(72-82)105-38-14-23-47-125(105)141(128)93-56-63-99-96-32-8-17-41-115(96)136(3,4)118(99)79-93/h7-80H,1-6H3. The van der Waals surface area contributed by atoms with E-state index in [0.29, 0.717) is 5.82 Å². The van der Waals surface area contributed by atoms with Crippen LogP contribution in [0.25, 0.3) is 265 Å². The number of benzene rings is 21. The van der Waals surface area contributed by atoms with E-state index in [4.69, 9.17) is 9.97 Å². The van der Waals surface area contributed by atoms with Gasteiger partial charge < -0.3 is 27.4 Å². The minimum absolute atomic E-state index is 0.133. The second-order valence-electron chi connectivity index (χ2n) is 41.9. The van der Waals surface area contributed by atoms with Crippen molar-refractivity contribution >= 4 is 142 Å². The predicted octanol–water partition coefficient (Wildman–Crippen LogP) is 35.5. The lowest BCUT2D eigenvalue weighted by Gasteiger charge is -2.22. The topological polar surface area (TPSA) is 55.4 Å². The number of para-hydroxylation sites is 6. The summed E-state index contributed by atoms with van der Waals surface area (Å²) in [6, 6.07) is 169. The molecular weight excluding hydrogens is 1760 g/mol. The van der Waals surface area contributed by atoms with E-state index >= 15 is 0 Å². The van der Waals surface area contributed by atoms with Gasteiger partial charge in [0.25, 0.3) is 0 Å². The van der Waals surface area contributed by atoms with Crippen LogP contribution in [0, 0.1) is 0 Å². The van der Waals surface area contributed by atoms with Gasteiger partial charge in [0.15, 0.2) is 5.82 Å². The van der Waals surface area contributed by atoms with Gasteiger partial charge in [-0.15, -0.1) is 0 Å². The molecule has 0 amide bonds. The van der Waals surface area contributed by atoms with Crippen molar-refractivity contribution < 1.29 is 0 Å². The third-order valence-corrected chi connectivity index (χ3v) is 33.2. The van der Waals surface area contributed by atoms with E-state index in [-0.39, 0.29) is 16.2 Å². The molecule has 21 aromatic carbocycles. The van der Waals surface area contributed by atoms with E-state index in [1.165, 1.54) is 176 Å². The molecule has 0 unspecified atom stereocenters. The second-order valence-corrected chi connectivity index (χ2v) is 41.9. The Bertz CT molecular complexity index is 10600. The van der Waals surface area contributed by atoms with Gasteiger partial charge in [-0.2, -0.15) is 0 Å². The highest BCUT2D eigenvalue weighted by atomic mass is 15.0. The molecule has 145 heavy (non-hydrogen) atoms. The first kappa shape index (κ1) is 81.6. The van der Waals surface area contributed by atoms with Crippen LogP contribution in [0.2, 0.25) is 0 Å². The Hall–Kier alpha value is -18.2. The molecular formula is C137H92N8. The zero-order valence-corrected chi connectivity index (χ0v) is 80.8. The smallest absolute Gasteiger partial charge is 0.160 e. The van der Waals surface area contributed by atoms with Gasteiger partial charge in [-0.25, -0.2) is 9.97 Å². The minimum Gasteiger partial charge on any atom is -0.309 e. The van der Waals surface area contributed by atoms with E-state index < -0.39 is 0 Å². The Labute approximate surface area is 836 Å². The first-order chi connectivity index (χ1) is 71.1. The van der Waals surface area contributed by atoms with Crippen LogP contribution in [0.3, 0.4) is 0 Å². The molecule has 3 aliphatic carbocycles. The third kappa shape index (κ3) is 11.6. The van der Waals surface area contributed by atoms with Crippen molar-refractivity contribution in [3.05, 3.63) is 482 Å². The highest BCUT2D eigenvalue weighted by molar-refractivity contribution is 6.18. The van der Waals surface area contributed by atoms with E-state index in [9.17, 15) is 0 Å². The van der Waals surface area contributed by atoms with Crippen LogP contribution in [0.15, 0.2) is 449 Å². The highest BCUT2D eigenvalue weighted by Crippen LogP contribution is 2.55. The molecule has 0 saturated carbocycles. The quantitative estimate of drug-likeness (QED) is 0.130. The summed E-state index contributed by atoms with van der Waals surface area (Å²) in [5.41, 5.74) is 46.4. The summed E-state index contributed by atoms with van der Waals surface area (Å²) in [5.74, 6) is 0.623. The van der Waals surface area contributed by atoms with Crippen LogP contribution in [0.1, 0.15) is 74.9 Å². The fraction of sp³-hybridized carbons (Fsp3) is 0.0657. The zero-order chi connectivity index (χ0) is 95.9. The fourth-order valence-corrected chi connectivity index (χ4v) is 26.3. The van der Waals surface area contributed by atoms with Gasteiger partial charge in [-0.3, -0.25) is 0 Å². The highest BCUT2D eigenvalue weighted by Gasteiger charge is 2.40. The van der Waals surface area contributed by atoms with E-state index in [1.807, 2.05) is 0 Å². The normalized spacial score (nSPS) is 13.8. The van der Waals surface area contributed by atoms with Crippen LogP contribution >= 0.6 is 0 Å². The summed E-state index contributed by atoms with van der Waals surface area (Å²) in [6.45, 7) is 14.2. The molecule has 8 nitrogen and oxygen atoms in total. The molecule has 31 rings (SSSR count). The molecule has 0 atom stereocenters. The van der Waals surface area contributed by atoms with Gasteiger partial charge in [-0.05, 0) is 270 Å². The van der Waals surface area contributed by atoms with Gasteiger partial charge in [0.05, 0.1) is 77.4 Å². The largest absolute Gasteiger partial charge is 0.309 e. The maximum absolute atomic E-state index is 5.99. The Morgan fingerprint density at radius 3 is 0.779 bits per heavy atom. The minimum atomic E-state index is -0.138. The molecule has 0 saturated heterocycles. The summed E-state index contributed by atoms with van der Waals surface area (Å²) in [6.07, 6.45) is 0. The Morgan fingerprint density at radius 2 is 0.414 bits per heavy atom. The molecule has 0 radical (unpaired) electrons. The Morgan fingerprint density at radius 1 is 0.152 bits per heavy atom. The van der Waals surface area contributed by atoms with Crippen LogP contribution in [0.4, 0.5) is 0 Å². The number of rotatable bonds is 11. The number of nitrogens with zero attached hydrogens (tertiary/aromatic N) is 8. The Balaban J connectivity index is 0.556. The number of hydrogen-bond donors (Lipinski definition) is 0.